The Balaban J connectivity index is 2.11. The molecule has 0 aliphatic carbocycles. The molecule has 5 heteroatoms. The first-order valence-electron chi connectivity index (χ1n) is 6.49. The predicted octanol–water partition coefficient (Wildman–Crippen LogP) is 2.74. The van der Waals surface area contributed by atoms with Crippen LogP contribution >= 0.6 is 0 Å². The average Bonchev–Trinajstić information content (AvgIpc) is 2.65. The maximum Gasteiger partial charge on any atom is 0.235 e. The van der Waals surface area contributed by atoms with E-state index in [1.807, 2.05) is 6.92 Å². The summed E-state index contributed by atoms with van der Waals surface area (Å²) in [5, 5.41) is 2.56. The number of fused-ring (bicyclic) bond motifs is 2. The van der Waals surface area contributed by atoms with Crippen molar-refractivity contribution >= 4 is 11.6 Å². The lowest BCUT2D eigenvalue weighted by Crippen LogP contribution is -2.43. The van der Waals surface area contributed by atoms with Crippen LogP contribution in [0.15, 0.2) is 12.1 Å². The number of carbonyl (C=O) groups excluding carboxylic acids is 1. The van der Waals surface area contributed by atoms with Crippen LogP contribution in [-0.4, -0.2) is 18.6 Å². The maximum absolute atomic E-state index is 13.8. The van der Waals surface area contributed by atoms with Crippen LogP contribution in [-0.2, 0) is 14.9 Å². The fourth-order valence-electron chi connectivity index (χ4n) is 3.10. The number of hydrogen-bond donors (Lipinski definition) is 1. The van der Waals surface area contributed by atoms with E-state index in [2.05, 4.69) is 5.32 Å². The zero-order valence-corrected chi connectivity index (χ0v) is 10.6. The summed E-state index contributed by atoms with van der Waals surface area (Å²) in [4.78, 5) is 12.3. The summed E-state index contributed by atoms with van der Waals surface area (Å²) in [5.41, 5.74) is -0.267. The lowest BCUT2D eigenvalue weighted by molar-refractivity contribution is -0.126. The Labute approximate surface area is 109 Å². The summed E-state index contributed by atoms with van der Waals surface area (Å²) in [6, 6.07) is 2.07. The van der Waals surface area contributed by atoms with Gasteiger partial charge >= 0.3 is 0 Å². The molecule has 3 rings (SSSR count). The molecule has 1 spiro atoms. The molecule has 1 fully saturated rings. The van der Waals surface area contributed by atoms with Gasteiger partial charge in [-0.05, 0) is 30.9 Å². The standard InChI is InChI=1S/C14H15F2NO2/c1-2-9-7-14(3-4-19-9)10-5-8(15)6-11(16)12(10)17-13(14)18/h5-6,9H,2-4,7H2,1H3,(H,17,18). The number of anilines is 1. The number of benzene rings is 1. The second-order valence-electron chi connectivity index (χ2n) is 5.20. The molecule has 2 aliphatic rings. The molecule has 0 bridgehead atoms. The van der Waals surface area contributed by atoms with E-state index in [1.54, 1.807) is 0 Å². The largest absolute Gasteiger partial charge is 0.378 e. The van der Waals surface area contributed by atoms with Gasteiger partial charge in [0.05, 0.1) is 17.2 Å². The van der Waals surface area contributed by atoms with Crippen LogP contribution in [0.4, 0.5) is 14.5 Å². The molecule has 2 heterocycles. The van der Waals surface area contributed by atoms with Gasteiger partial charge in [-0.1, -0.05) is 6.92 Å². The number of halogens is 2. The van der Waals surface area contributed by atoms with Crippen LogP contribution in [0.3, 0.4) is 0 Å². The highest BCUT2D eigenvalue weighted by atomic mass is 19.1. The normalized spacial score (nSPS) is 29.4. The van der Waals surface area contributed by atoms with Crippen molar-refractivity contribution in [2.24, 2.45) is 0 Å². The van der Waals surface area contributed by atoms with E-state index in [9.17, 15) is 13.6 Å². The maximum atomic E-state index is 13.8. The van der Waals surface area contributed by atoms with Gasteiger partial charge in [-0.2, -0.15) is 0 Å². The molecule has 1 N–H and O–H groups in total. The highest BCUT2D eigenvalue weighted by Crippen LogP contribution is 2.47. The number of carbonyl (C=O) groups is 1. The molecule has 0 radical (unpaired) electrons. The molecular weight excluding hydrogens is 252 g/mol. The van der Waals surface area contributed by atoms with Crippen molar-refractivity contribution in [2.45, 2.75) is 37.7 Å². The Bertz CT molecular complexity index is 546. The zero-order chi connectivity index (χ0) is 13.6. The zero-order valence-electron chi connectivity index (χ0n) is 10.6. The van der Waals surface area contributed by atoms with E-state index in [1.165, 1.54) is 6.07 Å². The fourth-order valence-corrected chi connectivity index (χ4v) is 3.10. The van der Waals surface area contributed by atoms with Crippen LogP contribution in [0.2, 0.25) is 0 Å². The van der Waals surface area contributed by atoms with Crippen LogP contribution in [0.25, 0.3) is 0 Å². The van der Waals surface area contributed by atoms with Gasteiger partial charge < -0.3 is 10.1 Å². The SMILES string of the molecule is CCC1CC2(CCO1)C(=O)Nc1c(F)cc(F)cc12. The van der Waals surface area contributed by atoms with Gasteiger partial charge in [0.2, 0.25) is 5.91 Å². The average molecular weight is 267 g/mol. The summed E-state index contributed by atoms with van der Waals surface area (Å²) in [5.74, 6) is -1.60. The molecule has 0 saturated carbocycles. The highest BCUT2D eigenvalue weighted by Gasteiger charge is 2.50. The third-order valence-electron chi connectivity index (χ3n) is 4.16. The molecule has 102 valence electrons. The summed E-state index contributed by atoms with van der Waals surface area (Å²) < 4.78 is 32.8. The number of nitrogens with one attached hydrogen (secondary N) is 1. The highest BCUT2D eigenvalue weighted by molar-refractivity contribution is 6.06. The lowest BCUT2D eigenvalue weighted by Gasteiger charge is -2.36. The van der Waals surface area contributed by atoms with Gasteiger partial charge in [0.15, 0.2) is 0 Å². The topological polar surface area (TPSA) is 38.3 Å². The van der Waals surface area contributed by atoms with Crippen molar-refractivity contribution in [3.63, 3.8) is 0 Å². The Kier molecular flexibility index (Phi) is 2.82. The van der Waals surface area contributed by atoms with E-state index in [4.69, 9.17) is 4.74 Å². The Morgan fingerprint density at radius 2 is 2.26 bits per heavy atom. The molecule has 0 aromatic heterocycles. The van der Waals surface area contributed by atoms with Crippen molar-refractivity contribution in [2.75, 3.05) is 11.9 Å². The fraction of sp³-hybridized carbons (Fsp3) is 0.500. The summed E-state index contributed by atoms with van der Waals surface area (Å²) in [7, 11) is 0. The summed E-state index contributed by atoms with van der Waals surface area (Å²) >= 11 is 0. The van der Waals surface area contributed by atoms with Gasteiger partial charge in [0.1, 0.15) is 11.6 Å². The van der Waals surface area contributed by atoms with Crippen LogP contribution in [0.1, 0.15) is 31.7 Å². The Morgan fingerprint density at radius 1 is 1.47 bits per heavy atom. The van der Waals surface area contributed by atoms with Crippen molar-refractivity contribution in [1.82, 2.24) is 0 Å². The quantitative estimate of drug-likeness (QED) is 0.849. The first-order valence-corrected chi connectivity index (χ1v) is 6.49. The third-order valence-corrected chi connectivity index (χ3v) is 4.16. The van der Waals surface area contributed by atoms with Crippen molar-refractivity contribution in [1.29, 1.82) is 0 Å². The second kappa shape index (κ2) is 4.27. The molecule has 2 aliphatic heterocycles. The van der Waals surface area contributed by atoms with E-state index >= 15 is 0 Å². The molecule has 1 aromatic rings. The van der Waals surface area contributed by atoms with Crippen molar-refractivity contribution < 1.29 is 18.3 Å². The van der Waals surface area contributed by atoms with Gasteiger partial charge in [-0.25, -0.2) is 8.78 Å². The minimum Gasteiger partial charge on any atom is -0.378 e. The number of amides is 1. The van der Waals surface area contributed by atoms with Crippen molar-refractivity contribution in [3.05, 3.63) is 29.3 Å². The minimum atomic E-state index is -0.836. The predicted molar refractivity (Wildman–Crippen MR) is 65.9 cm³/mol. The van der Waals surface area contributed by atoms with Gasteiger partial charge in [0.25, 0.3) is 0 Å². The first-order chi connectivity index (χ1) is 9.06. The van der Waals surface area contributed by atoms with Gasteiger partial charge in [0, 0.05) is 12.7 Å². The molecule has 1 aromatic carbocycles. The Morgan fingerprint density at radius 3 is 3.00 bits per heavy atom. The number of ether oxygens (including phenoxy) is 1. The molecular formula is C14H15F2NO2. The van der Waals surface area contributed by atoms with E-state index in [0.29, 0.717) is 25.0 Å². The molecule has 1 amide bonds. The monoisotopic (exact) mass is 267 g/mol. The number of rotatable bonds is 1. The van der Waals surface area contributed by atoms with Crippen LogP contribution in [0.5, 0.6) is 0 Å². The molecule has 2 unspecified atom stereocenters. The van der Waals surface area contributed by atoms with Gasteiger partial charge in [-0.3, -0.25) is 4.79 Å². The van der Waals surface area contributed by atoms with E-state index in [-0.39, 0.29) is 17.7 Å². The van der Waals surface area contributed by atoms with E-state index < -0.39 is 17.0 Å². The first kappa shape index (κ1) is 12.5. The number of hydrogen-bond acceptors (Lipinski definition) is 2. The van der Waals surface area contributed by atoms with E-state index in [0.717, 1.165) is 12.5 Å². The molecule has 2 atom stereocenters. The lowest BCUT2D eigenvalue weighted by atomic mass is 9.73. The Hall–Kier alpha value is -1.49. The molecule has 1 saturated heterocycles. The summed E-state index contributed by atoms with van der Waals surface area (Å²) in [6.07, 6.45) is 1.68. The van der Waals surface area contributed by atoms with Crippen molar-refractivity contribution in [3.8, 4) is 0 Å². The van der Waals surface area contributed by atoms with Crippen LogP contribution in [0, 0.1) is 11.6 Å². The minimum absolute atomic E-state index is 0.0446. The molecule has 19 heavy (non-hydrogen) atoms. The third kappa shape index (κ3) is 1.75. The van der Waals surface area contributed by atoms with Crippen LogP contribution < -0.4 is 5.32 Å². The summed E-state index contributed by atoms with van der Waals surface area (Å²) in [6.45, 7) is 2.41. The second-order valence-corrected chi connectivity index (χ2v) is 5.20. The van der Waals surface area contributed by atoms with Gasteiger partial charge in [-0.15, -0.1) is 0 Å². The molecule has 3 nitrogen and oxygen atoms in total. The smallest absolute Gasteiger partial charge is 0.235 e.